The summed E-state index contributed by atoms with van der Waals surface area (Å²) in [5.41, 5.74) is -0.832. The molecule has 0 fully saturated rings. The van der Waals surface area contributed by atoms with Crippen LogP contribution in [0.2, 0.25) is 0 Å². The predicted molar refractivity (Wildman–Crippen MR) is 72.4 cm³/mol. The highest BCUT2D eigenvalue weighted by Gasteiger charge is 2.34. The van der Waals surface area contributed by atoms with E-state index in [9.17, 15) is 18.0 Å². The van der Waals surface area contributed by atoms with Crippen molar-refractivity contribution in [3.8, 4) is 0 Å². The number of furan rings is 1. The summed E-state index contributed by atoms with van der Waals surface area (Å²) in [7, 11) is 3.27. The molecule has 0 bridgehead atoms. The third kappa shape index (κ3) is 3.36. The average Bonchev–Trinajstić information content (AvgIpc) is 2.91. The number of halogens is 3. The minimum atomic E-state index is -4.57. The third-order valence-corrected chi connectivity index (χ3v) is 2.82. The van der Waals surface area contributed by atoms with Gasteiger partial charge in [-0.15, -0.1) is 0 Å². The molecule has 0 atom stereocenters. The summed E-state index contributed by atoms with van der Waals surface area (Å²) in [5, 5.41) is 2.21. The van der Waals surface area contributed by atoms with Gasteiger partial charge in [0.1, 0.15) is 0 Å². The van der Waals surface area contributed by atoms with Crippen LogP contribution < -0.4 is 10.2 Å². The van der Waals surface area contributed by atoms with Gasteiger partial charge in [-0.05, 0) is 30.3 Å². The molecule has 0 saturated carbocycles. The van der Waals surface area contributed by atoms with Gasteiger partial charge in [0.25, 0.3) is 5.91 Å². The molecule has 2 rings (SSSR count). The van der Waals surface area contributed by atoms with Gasteiger partial charge in [-0.25, -0.2) is 0 Å². The summed E-state index contributed by atoms with van der Waals surface area (Å²) in [6.45, 7) is 0. The lowest BCUT2D eigenvalue weighted by Crippen LogP contribution is -2.17. The highest BCUT2D eigenvalue weighted by atomic mass is 19.4. The largest absolute Gasteiger partial charge is 0.459 e. The Balaban J connectivity index is 2.37. The third-order valence-electron chi connectivity index (χ3n) is 2.82. The van der Waals surface area contributed by atoms with Crippen LogP contribution in [0.15, 0.2) is 41.0 Å². The normalized spacial score (nSPS) is 11.3. The molecule has 2 aromatic rings. The topological polar surface area (TPSA) is 45.5 Å². The van der Waals surface area contributed by atoms with Crippen molar-refractivity contribution in [3.05, 3.63) is 47.9 Å². The average molecular weight is 298 g/mol. The van der Waals surface area contributed by atoms with Gasteiger partial charge in [0.2, 0.25) is 0 Å². The van der Waals surface area contributed by atoms with E-state index in [0.717, 1.165) is 6.07 Å². The zero-order valence-corrected chi connectivity index (χ0v) is 11.4. The van der Waals surface area contributed by atoms with Crippen LogP contribution in [0.5, 0.6) is 0 Å². The molecule has 0 unspecified atom stereocenters. The first kappa shape index (κ1) is 15.0. The summed E-state index contributed by atoms with van der Waals surface area (Å²) in [4.78, 5) is 13.3. The Morgan fingerprint density at radius 3 is 2.48 bits per heavy atom. The molecule has 7 heteroatoms. The fraction of sp³-hybridized carbons (Fsp3) is 0.214. The first-order chi connectivity index (χ1) is 9.79. The number of nitrogens with zero attached hydrogens (tertiary/aromatic N) is 1. The molecular formula is C14H13F3N2O2. The standard InChI is InChI=1S/C14H13F3N2O2/c1-19(2)9-5-6-11(10(8-9)14(15,16)17)18-13(20)12-4-3-7-21-12/h3-8H,1-2H3,(H,18,20). The SMILES string of the molecule is CN(C)c1ccc(NC(=O)c2ccco2)c(C(F)(F)F)c1. The van der Waals surface area contributed by atoms with Crippen LogP contribution in [0.1, 0.15) is 16.1 Å². The van der Waals surface area contributed by atoms with Crippen LogP contribution in [-0.2, 0) is 6.18 Å². The number of alkyl halides is 3. The maximum absolute atomic E-state index is 13.1. The van der Waals surface area contributed by atoms with Gasteiger partial charge in [0, 0.05) is 19.8 Å². The van der Waals surface area contributed by atoms with Crippen LogP contribution in [0.25, 0.3) is 0 Å². The first-order valence-electron chi connectivity index (χ1n) is 6.02. The highest BCUT2D eigenvalue weighted by Crippen LogP contribution is 2.37. The number of hydrogen-bond acceptors (Lipinski definition) is 3. The van der Waals surface area contributed by atoms with Gasteiger partial charge in [0.05, 0.1) is 17.5 Å². The monoisotopic (exact) mass is 298 g/mol. The van der Waals surface area contributed by atoms with Gasteiger partial charge in [-0.3, -0.25) is 4.79 Å². The molecule has 1 aromatic carbocycles. The fourth-order valence-electron chi connectivity index (χ4n) is 1.75. The number of carbonyl (C=O) groups is 1. The summed E-state index contributed by atoms with van der Waals surface area (Å²) in [6.07, 6.45) is -3.30. The first-order valence-corrected chi connectivity index (χ1v) is 6.02. The van der Waals surface area contributed by atoms with E-state index >= 15 is 0 Å². The van der Waals surface area contributed by atoms with Crippen molar-refractivity contribution in [3.63, 3.8) is 0 Å². The van der Waals surface area contributed by atoms with E-state index in [4.69, 9.17) is 4.42 Å². The van der Waals surface area contributed by atoms with Crippen molar-refractivity contribution in [2.45, 2.75) is 6.18 Å². The number of rotatable bonds is 3. The molecule has 1 N–H and O–H groups in total. The molecule has 0 radical (unpaired) electrons. The zero-order chi connectivity index (χ0) is 15.6. The molecule has 21 heavy (non-hydrogen) atoms. The van der Waals surface area contributed by atoms with Crippen LogP contribution >= 0.6 is 0 Å². The maximum Gasteiger partial charge on any atom is 0.418 e. The number of hydrogen-bond donors (Lipinski definition) is 1. The van der Waals surface area contributed by atoms with E-state index in [1.807, 2.05) is 0 Å². The van der Waals surface area contributed by atoms with Crippen LogP contribution in [0, 0.1) is 0 Å². The van der Waals surface area contributed by atoms with Gasteiger partial charge >= 0.3 is 6.18 Å². The van der Waals surface area contributed by atoms with E-state index in [0.29, 0.717) is 5.69 Å². The summed E-state index contributed by atoms with van der Waals surface area (Å²) in [6, 6.07) is 6.55. The molecule has 112 valence electrons. The second kappa shape index (κ2) is 5.51. The molecule has 0 aliphatic carbocycles. The number of anilines is 2. The van der Waals surface area contributed by atoms with Crippen LogP contribution in [-0.4, -0.2) is 20.0 Å². The molecule has 1 amide bonds. The molecule has 0 aliphatic heterocycles. The molecule has 0 saturated heterocycles. The molecule has 4 nitrogen and oxygen atoms in total. The minimum absolute atomic E-state index is 0.0557. The lowest BCUT2D eigenvalue weighted by Gasteiger charge is -2.18. The summed E-state index contributed by atoms with van der Waals surface area (Å²) < 4.78 is 44.1. The van der Waals surface area contributed by atoms with Crippen LogP contribution in [0.4, 0.5) is 24.5 Å². The van der Waals surface area contributed by atoms with Gasteiger partial charge in [-0.2, -0.15) is 13.2 Å². The quantitative estimate of drug-likeness (QED) is 0.941. The smallest absolute Gasteiger partial charge is 0.418 e. The van der Waals surface area contributed by atoms with Crippen molar-refractivity contribution in [2.75, 3.05) is 24.3 Å². The molecule has 0 spiro atoms. The second-order valence-corrected chi connectivity index (χ2v) is 4.55. The Hall–Kier alpha value is -2.44. The van der Waals surface area contributed by atoms with E-state index < -0.39 is 17.6 Å². The van der Waals surface area contributed by atoms with Crippen LogP contribution in [0.3, 0.4) is 0 Å². The number of amides is 1. The van der Waals surface area contributed by atoms with Gasteiger partial charge in [-0.1, -0.05) is 0 Å². The Bertz CT molecular complexity index is 634. The molecule has 1 heterocycles. The van der Waals surface area contributed by atoms with Crippen molar-refractivity contribution >= 4 is 17.3 Å². The highest BCUT2D eigenvalue weighted by molar-refractivity contribution is 6.02. The van der Waals surface area contributed by atoms with Crippen molar-refractivity contribution in [1.82, 2.24) is 0 Å². The molecule has 0 aliphatic rings. The van der Waals surface area contributed by atoms with Crippen molar-refractivity contribution in [1.29, 1.82) is 0 Å². The summed E-state index contributed by atoms with van der Waals surface area (Å²) in [5.74, 6) is -0.789. The van der Waals surface area contributed by atoms with E-state index in [1.165, 1.54) is 30.5 Å². The van der Waals surface area contributed by atoms with E-state index in [2.05, 4.69) is 5.32 Å². The predicted octanol–water partition coefficient (Wildman–Crippen LogP) is 3.62. The maximum atomic E-state index is 13.1. The fourth-order valence-corrected chi connectivity index (χ4v) is 1.75. The second-order valence-electron chi connectivity index (χ2n) is 4.55. The van der Waals surface area contributed by atoms with E-state index in [1.54, 1.807) is 19.0 Å². The number of nitrogens with one attached hydrogen (secondary N) is 1. The Morgan fingerprint density at radius 2 is 1.95 bits per heavy atom. The van der Waals surface area contributed by atoms with E-state index in [-0.39, 0.29) is 11.4 Å². The Labute approximate surface area is 119 Å². The van der Waals surface area contributed by atoms with Gasteiger partial charge in [0.15, 0.2) is 5.76 Å². The minimum Gasteiger partial charge on any atom is -0.459 e. The Morgan fingerprint density at radius 1 is 1.24 bits per heavy atom. The zero-order valence-electron chi connectivity index (χ0n) is 11.4. The molecule has 1 aromatic heterocycles. The van der Waals surface area contributed by atoms with Gasteiger partial charge < -0.3 is 14.6 Å². The number of benzene rings is 1. The van der Waals surface area contributed by atoms with Crippen molar-refractivity contribution < 1.29 is 22.4 Å². The lowest BCUT2D eigenvalue weighted by molar-refractivity contribution is -0.136. The van der Waals surface area contributed by atoms with Crippen molar-refractivity contribution in [2.24, 2.45) is 0 Å². The lowest BCUT2D eigenvalue weighted by atomic mass is 10.1. The summed E-state index contributed by atoms with van der Waals surface area (Å²) >= 11 is 0. The molecular weight excluding hydrogens is 285 g/mol. The number of carbonyl (C=O) groups excluding carboxylic acids is 1. The Kier molecular flexibility index (Phi) is 3.93.